The summed E-state index contributed by atoms with van der Waals surface area (Å²) in [6.45, 7) is 0. The lowest BCUT2D eigenvalue weighted by atomic mass is 9.69. The fourth-order valence-corrected chi connectivity index (χ4v) is 4.01. The van der Waals surface area contributed by atoms with Crippen molar-refractivity contribution >= 4 is 11.9 Å². The van der Waals surface area contributed by atoms with Crippen molar-refractivity contribution in [2.24, 2.45) is 29.6 Å². The minimum atomic E-state index is -0.959. The third kappa shape index (κ3) is 1.30. The van der Waals surface area contributed by atoms with E-state index in [2.05, 4.69) is 0 Å². The molecular weight excluding hydrogens is 220 g/mol. The zero-order valence-electron chi connectivity index (χ0n) is 9.24. The Balaban J connectivity index is 2.01. The van der Waals surface area contributed by atoms with Crippen LogP contribution in [-0.2, 0) is 9.59 Å². The Morgan fingerprint density at radius 1 is 1.12 bits per heavy atom. The number of carboxylic acids is 2. The number of fused-ring (bicyclic) bond motifs is 5. The Morgan fingerprint density at radius 2 is 1.82 bits per heavy atom. The molecule has 2 fully saturated rings. The van der Waals surface area contributed by atoms with Gasteiger partial charge in [0.05, 0.1) is 11.8 Å². The summed E-state index contributed by atoms with van der Waals surface area (Å²) >= 11 is 0. The summed E-state index contributed by atoms with van der Waals surface area (Å²) in [7, 11) is 0. The molecule has 2 saturated carbocycles. The molecule has 90 valence electrons. The maximum atomic E-state index is 11.3. The average molecular weight is 234 g/mol. The molecule has 4 nitrogen and oxygen atoms in total. The second kappa shape index (κ2) is 3.45. The molecule has 0 radical (unpaired) electrons. The Bertz CT molecular complexity index is 448. The van der Waals surface area contributed by atoms with Gasteiger partial charge in [-0.25, -0.2) is 0 Å². The van der Waals surface area contributed by atoms with Crippen LogP contribution in [0.2, 0.25) is 0 Å². The topological polar surface area (TPSA) is 74.6 Å². The van der Waals surface area contributed by atoms with Crippen LogP contribution in [0.15, 0.2) is 23.8 Å². The standard InChI is InChI=1S/C13H14O4/c14-12(15)10-8-5-9(11(10)13(16)17)7-4-2-1-3-6(7)8/h1-3,7-11H,4-5H2,(H,14,15)(H,16,17)/t7?,8-,9-,10?,11?/m1/s1. The first-order valence-electron chi connectivity index (χ1n) is 5.93. The number of hydrogen-bond donors (Lipinski definition) is 2. The van der Waals surface area contributed by atoms with Gasteiger partial charge in [0.15, 0.2) is 0 Å². The molecule has 0 amide bonds. The van der Waals surface area contributed by atoms with Gasteiger partial charge >= 0.3 is 11.9 Å². The van der Waals surface area contributed by atoms with E-state index in [1.165, 1.54) is 5.57 Å². The summed E-state index contributed by atoms with van der Waals surface area (Å²) in [6, 6.07) is 0. The van der Waals surface area contributed by atoms with Gasteiger partial charge in [-0.05, 0) is 30.6 Å². The lowest BCUT2D eigenvalue weighted by Gasteiger charge is -2.34. The summed E-state index contributed by atoms with van der Waals surface area (Å²) in [5.74, 6) is -3.12. The highest BCUT2D eigenvalue weighted by molar-refractivity contribution is 5.82. The molecule has 0 spiro atoms. The molecule has 17 heavy (non-hydrogen) atoms. The zero-order chi connectivity index (χ0) is 12.2. The molecular formula is C13H14O4. The van der Waals surface area contributed by atoms with Crippen molar-refractivity contribution in [2.45, 2.75) is 12.8 Å². The lowest BCUT2D eigenvalue weighted by molar-refractivity contribution is -0.156. The maximum Gasteiger partial charge on any atom is 0.307 e. The Labute approximate surface area is 98.6 Å². The minimum absolute atomic E-state index is 0.00907. The zero-order valence-corrected chi connectivity index (χ0v) is 9.24. The number of aliphatic carboxylic acids is 2. The molecule has 3 unspecified atom stereocenters. The van der Waals surface area contributed by atoms with E-state index in [1.54, 1.807) is 0 Å². The van der Waals surface area contributed by atoms with Gasteiger partial charge in [0.25, 0.3) is 0 Å². The van der Waals surface area contributed by atoms with E-state index in [-0.39, 0.29) is 17.8 Å². The van der Waals surface area contributed by atoms with Crippen molar-refractivity contribution in [3.8, 4) is 0 Å². The van der Waals surface area contributed by atoms with Gasteiger partial charge in [0.1, 0.15) is 0 Å². The molecule has 3 aliphatic rings. The molecule has 0 heterocycles. The van der Waals surface area contributed by atoms with E-state index >= 15 is 0 Å². The van der Waals surface area contributed by atoms with Crippen molar-refractivity contribution in [1.29, 1.82) is 0 Å². The third-order valence-electron chi connectivity index (χ3n) is 4.57. The molecule has 3 aliphatic carbocycles. The van der Waals surface area contributed by atoms with Gasteiger partial charge in [-0.3, -0.25) is 9.59 Å². The van der Waals surface area contributed by atoms with Crippen LogP contribution in [0.25, 0.3) is 0 Å². The van der Waals surface area contributed by atoms with Crippen molar-refractivity contribution in [2.75, 3.05) is 0 Å². The van der Waals surface area contributed by atoms with Crippen LogP contribution in [0.4, 0.5) is 0 Å². The van der Waals surface area contributed by atoms with Gasteiger partial charge in [0, 0.05) is 0 Å². The van der Waals surface area contributed by atoms with Crippen LogP contribution in [0.1, 0.15) is 12.8 Å². The molecule has 0 aliphatic heterocycles. The predicted octanol–water partition coefficient (Wildman–Crippen LogP) is 1.54. The number of carboxylic acid groups (broad SMARTS) is 2. The molecule has 3 rings (SSSR count). The second-order valence-electron chi connectivity index (χ2n) is 5.17. The normalized spacial score (nSPS) is 42.1. The fourth-order valence-electron chi connectivity index (χ4n) is 4.01. The minimum Gasteiger partial charge on any atom is -0.481 e. The fraction of sp³-hybridized carbons (Fsp3) is 0.538. The summed E-state index contributed by atoms with van der Waals surface area (Å²) in [5.41, 5.74) is 1.17. The quantitative estimate of drug-likeness (QED) is 0.760. The van der Waals surface area contributed by atoms with Crippen LogP contribution < -0.4 is 0 Å². The molecule has 0 aromatic rings. The van der Waals surface area contributed by atoms with Gasteiger partial charge in [-0.2, -0.15) is 0 Å². The van der Waals surface area contributed by atoms with Gasteiger partial charge in [0.2, 0.25) is 0 Å². The summed E-state index contributed by atoms with van der Waals surface area (Å²) in [4.78, 5) is 22.6. The smallest absolute Gasteiger partial charge is 0.307 e. The molecule has 2 N–H and O–H groups in total. The van der Waals surface area contributed by atoms with Crippen molar-refractivity contribution in [3.05, 3.63) is 23.8 Å². The van der Waals surface area contributed by atoms with Gasteiger partial charge in [-0.15, -0.1) is 0 Å². The number of allylic oxidation sites excluding steroid dienone is 4. The highest BCUT2D eigenvalue weighted by Gasteiger charge is 2.60. The molecule has 0 aromatic carbocycles. The SMILES string of the molecule is O=C(O)C1C(C(=O)O)[C@@H]2C[C@@H]1C1CC=CC=C12. The van der Waals surface area contributed by atoms with E-state index in [0.717, 1.165) is 12.8 Å². The highest BCUT2D eigenvalue weighted by Crippen LogP contribution is 2.59. The van der Waals surface area contributed by atoms with Crippen LogP contribution in [-0.4, -0.2) is 22.2 Å². The van der Waals surface area contributed by atoms with Gasteiger partial charge < -0.3 is 10.2 Å². The van der Waals surface area contributed by atoms with Crippen LogP contribution in [0.3, 0.4) is 0 Å². The van der Waals surface area contributed by atoms with Crippen LogP contribution in [0.5, 0.6) is 0 Å². The van der Waals surface area contributed by atoms with E-state index < -0.39 is 23.8 Å². The Kier molecular flexibility index (Phi) is 2.15. The summed E-state index contributed by atoms with van der Waals surface area (Å²) < 4.78 is 0. The Hall–Kier alpha value is -1.58. The highest BCUT2D eigenvalue weighted by atomic mass is 16.4. The van der Waals surface area contributed by atoms with Crippen LogP contribution in [0, 0.1) is 29.6 Å². The first-order valence-corrected chi connectivity index (χ1v) is 5.93. The van der Waals surface area contributed by atoms with Crippen LogP contribution >= 0.6 is 0 Å². The van der Waals surface area contributed by atoms with E-state index in [0.29, 0.717) is 0 Å². The van der Waals surface area contributed by atoms with Crippen molar-refractivity contribution in [1.82, 2.24) is 0 Å². The molecule has 0 saturated heterocycles. The molecule has 0 aromatic heterocycles. The van der Waals surface area contributed by atoms with E-state index in [4.69, 9.17) is 0 Å². The molecule has 4 heteroatoms. The van der Waals surface area contributed by atoms with Gasteiger partial charge in [-0.1, -0.05) is 23.8 Å². The first-order chi connectivity index (χ1) is 8.11. The largest absolute Gasteiger partial charge is 0.481 e. The number of rotatable bonds is 2. The summed E-state index contributed by atoms with van der Waals surface area (Å²) in [5, 5.41) is 18.5. The Morgan fingerprint density at radius 3 is 2.47 bits per heavy atom. The van der Waals surface area contributed by atoms with Crippen molar-refractivity contribution in [3.63, 3.8) is 0 Å². The predicted molar refractivity (Wildman–Crippen MR) is 59.2 cm³/mol. The monoisotopic (exact) mass is 234 g/mol. The van der Waals surface area contributed by atoms with Crippen molar-refractivity contribution < 1.29 is 19.8 Å². The second-order valence-corrected chi connectivity index (χ2v) is 5.17. The average Bonchev–Trinajstić information content (AvgIpc) is 2.84. The molecule has 5 atom stereocenters. The molecule has 2 bridgehead atoms. The summed E-state index contributed by atoms with van der Waals surface area (Å²) in [6.07, 6.45) is 7.59. The maximum absolute atomic E-state index is 11.3. The van der Waals surface area contributed by atoms with E-state index in [9.17, 15) is 19.8 Å². The number of hydrogen-bond acceptors (Lipinski definition) is 2. The van der Waals surface area contributed by atoms with E-state index in [1.807, 2.05) is 18.2 Å². The lowest BCUT2D eigenvalue weighted by Crippen LogP contribution is -2.39. The first kappa shape index (κ1) is 10.6. The third-order valence-corrected chi connectivity index (χ3v) is 4.57. The number of carbonyl (C=O) groups is 2.